The summed E-state index contributed by atoms with van der Waals surface area (Å²) in [6, 6.07) is 6.75. The van der Waals surface area contributed by atoms with Crippen LogP contribution >= 0.6 is 12.2 Å². The van der Waals surface area contributed by atoms with E-state index in [0.29, 0.717) is 16.8 Å². The Hall–Kier alpha value is -1.69. The van der Waals surface area contributed by atoms with Gasteiger partial charge >= 0.3 is 0 Å². The number of non-ortho nitro benzene ring substituents is 1. The van der Waals surface area contributed by atoms with E-state index in [1.165, 1.54) is 12.1 Å². The van der Waals surface area contributed by atoms with E-state index in [9.17, 15) is 10.1 Å². The van der Waals surface area contributed by atoms with Crippen molar-refractivity contribution in [2.75, 3.05) is 5.32 Å². The van der Waals surface area contributed by atoms with Crippen molar-refractivity contribution in [2.45, 2.75) is 18.9 Å². The topological polar surface area (TPSA) is 67.2 Å². The van der Waals surface area contributed by atoms with Gasteiger partial charge in [-0.1, -0.05) is 6.07 Å². The molecule has 2 rings (SSSR count). The van der Waals surface area contributed by atoms with Crippen LogP contribution in [0.3, 0.4) is 0 Å². The molecule has 0 aliphatic heterocycles. The number of anilines is 1. The second-order valence-corrected chi connectivity index (χ2v) is 4.09. The van der Waals surface area contributed by atoms with E-state index < -0.39 is 4.92 Å². The van der Waals surface area contributed by atoms with Crippen molar-refractivity contribution in [3.8, 4) is 0 Å². The highest BCUT2D eigenvalue weighted by molar-refractivity contribution is 7.80. The number of benzene rings is 1. The van der Waals surface area contributed by atoms with Gasteiger partial charge in [0.25, 0.3) is 5.69 Å². The molecule has 0 amide bonds. The molecular formula is C10H11N3O2S. The number of thiocarbonyl (C=S) groups is 1. The van der Waals surface area contributed by atoms with Crippen LogP contribution in [0.1, 0.15) is 12.8 Å². The fourth-order valence-corrected chi connectivity index (χ4v) is 1.56. The summed E-state index contributed by atoms with van der Waals surface area (Å²) < 4.78 is 0. The molecule has 0 unspecified atom stereocenters. The summed E-state index contributed by atoms with van der Waals surface area (Å²) in [5.41, 5.74) is 0.687. The highest BCUT2D eigenvalue weighted by Gasteiger charge is 2.21. The number of nitro groups is 1. The van der Waals surface area contributed by atoms with Crippen LogP contribution in [0.4, 0.5) is 11.4 Å². The molecule has 84 valence electrons. The van der Waals surface area contributed by atoms with Crippen molar-refractivity contribution in [3.05, 3.63) is 34.4 Å². The fraction of sp³-hybridized carbons (Fsp3) is 0.300. The molecule has 1 fully saturated rings. The van der Waals surface area contributed by atoms with Crippen LogP contribution in [0.2, 0.25) is 0 Å². The van der Waals surface area contributed by atoms with Gasteiger partial charge in [-0.05, 0) is 31.1 Å². The van der Waals surface area contributed by atoms with E-state index in [2.05, 4.69) is 10.6 Å². The molecule has 1 aromatic carbocycles. The van der Waals surface area contributed by atoms with Crippen LogP contribution in [0.15, 0.2) is 24.3 Å². The van der Waals surface area contributed by atoms with Gasteiger partial charge < -0.3 is 10.6 Å². The Morgan fingerprint density at radius 2 is 2.25 bits per heavy atom. The second-order valence-electron chi connectivity index (χ2n) is 3.68. The van der Waals surface area contributed by atoms with Crippen molar-refractivity contribution in [1.82, 2.24) is 5.32 Å². The van der Waals surface area contributed by atoms with E-state index >= 15 is 0 Å². The lowest BCUT2D eigenvalue weighted by Gasteiger charge is -2.08. The molecule has 5 nitrogen and oxygen atoms in total. The quantitative estimate of drug-likeness (QED) is 0.478. The minimum Gasteiger partial charge on any atom is -0.360 e. The Bertz CT molecular complexity index is 432. The molecule has 2 N–H and O–H groups in total. The number of hydrogen-bond donors (Lipinski definition) is 2. The van der Waals surface area contributed by atoms with Crippen LogP contribution in [0.5, 0.6) is 0 Å². The van der Waals surface area contributed by atoms with Gasteiger partial charge in [-0.2, -0.15) is 0 Å². The molecule has 6 heteroatoms. The normalized spacial score (nSPS) is 14.2. The number of nitrogens with zero attached hydrogens (tertiary/aromatic N) is 1. The molecule has 1 aliphatic rings. The third kappa shape index (κ3) is 2.90. The molecule has 0 bridgehead atoms. The Kier molecular flexibility index (Phi) is 3.00. The van der Waals surface area contributed by atoms with Gasteiger partial charge in [0.05, 0.1) is 4.92 Å². The molecule has 0 saturated heterocycles. The summed E-state index contributed by atoms with van der Waals surface area (Å²) in [4.78, 5) is 10.1. The van der Waals surface area contributed by atoms with Gasteiger partial charge in [0.1, 0.15) is 0 Å². The van der Waals surface area contributed by atoms with Gasteiger partial charge in [0.15, 0.2) is 5.11 Å². The SMILES string of the molecule is O=[N+]([O-])c1cccc(NC(=S)NC2CC2)c1. The molecule has 0 radical (unpaired) electrons. The number of nitro benzene ring substituents is 1. The number of nitrogens with one attached hydrogen (secondary N) is 2. The van der Waals surface area contributed by atoms with Crippen molar-refractivity contribution in [3.63, 3.8) is 0 Å². The average Bonchev–Trinajstić information content (AvgIpc) is 3.01. The van der Waals surface area contributed by atoms with Gasteiger partial charge in [0.2, 0.25) is 0 Å². The summed E-state index contributed by atoms with van der Waals surface area (Å²) in [5.74, 6) is 0. The first-order valence-corrected chi connectivity index (χ1v) is 5.38. The Balaban J connectivity index is 1.99. The second kappa shape index (κ2) is 4.44. The fourth-order valence-electron chi connectivity index (χ4n) is 1.28. The first kappa shape index (κ1) is 10.8. The molecule has 0 atom stereocenters. The van der Waals surface area contributed by atoms with E-state index in [1.807, 2.05) is 0 Å². The summed E-state index contributed by atoms with van der Waals surface area (Å²) >= 11 is 5.07. The van der Waals surface area contributed by atoms with Gasteiger partial charge in [-0.3, -0.25) is 10.1 Å². The standard InChI is InChI=1S/C10H11N3O2S/c14-13(15)9-3-1-2-8(6-9)12-10(16)11-7-4-5-7/h1-3,6-7H,4-5H2,(H2,11,12,16). The monoisotopic (exact) mass is 237 g/mol. The van der Waals surface area contributed by atoms with Gasteiger partial charge in [-0.15, -0.1) is 0 Å². The minimum atomic E-state index is -0.428. The summed E-state index contributed by atoms with van der Waals surface area (Å²) in [6.45, 7) is 0. The van der Waals surface area contributed by atoms with Crippen molar-refractivity contribution < 1.29 is 4.92 Å². The van der Waals surface area contributed by atoms with Gasteiger partial charge in [-0.25, -0.2) is 0 Å². The van der Waals surface area contributed by atoms with Crippen LogP contribution in [-0.2, 0) is 0 Å². The molecule has 1 saturated carbocycles. The molecular weight excluding hydrogens is 226 g/mol. The zero-order valence-electron chi connectivity index (χ0n) is 8.47. The van der Waals surface area contributed by atoms with E-state index in [4.69, 9.17) is 12.2 Å². The predicted octanol–water partition coefficient (Wildman–Crippen LogP) is 2.04. The maximum absolute atomic E-state index is 10.6. The average molecular weight is 237 g/mol. The van der Waals surface area contributed by atoms with Crippen LogP contribution < -0.4 is 10.6 Å². The Morgan fingerprint density at radius 1 is 1.50 bits per heavy atom. The van der Waals surface area contributed by atoms with Crippen molar-refractivity contribution >= 4 is 28.7 Å². The Morgan fingerprint density at radius 3 is 2.88 bits per heavy atom. The minimum absolute atomic E-state index is 0.0548. The van der Waals surface area contributed by atoms with Crippen LogP contribution in [0, 0.1) is 10.1 Å². The summed E-state index contributed by atoms with van der Waals surface area (Å²) in [7, 11) is 0. The van der Waals surface area contributed by atoms with Crippen LogP contribution in [0.25, 0.3) is 0 Å². The first-order valence-electron chi connectivity index (χ1n) is 4.97. The smallest absolute Gasteiger partial charge is 0.271 e. The van der Waals surface area contributed by atoms with E-state index in [1.54, 1.807) is 12.1 Å². The Labute approximate surface area is 98.0 Å². The molecule has 0 spiro atoms. The largest absolute Gasteiger partial charge is 0.360 e. The molecule has 16 heavy (non-hydrogen) atoms. The zero-order chi connectivity index (χ0) is 11.5. The van der Waals surface area contributed by atoms with Gasteiger partial charge in [0, 0.05) is 23.9 Å². The lowest BCUT2D eigenvalue weighted by Crippen LogP contribution is -2.30. The maximum Gasteiger partial charge on any atom is 0.271 e. The zero-order valence-corrected chi connectivity index (χ0v) is 9.29. The number of rotatable bonds is 3. The third-order valence-electron chi connectivity index (χ3n) is 2.23. The molecule has 0 heterocycles. The highest BCUT2D eigenvalue weighted by Crippen LogP contribution is 2.20. The highest BCUT2D eigenvalue weighted by atomic mass is 32.1. The predicted molar refractivity (Wildman–Crippen MR) is 65.5 cm³/mol. The lowest BCUT2D eigenvalue weighted by molar-refractivity contribution is -0.384. The van der Waals surface area contributed by atoms with Crippen molar-refractivity contribution in [1.29, 1.82) is 0 Å². The van der Waals surface area contributed by atoms with E-state index in [-0.39, 0.29) is 5.69 Å². The summed E-state index contributed by atoms with van der Waals surface area (Å²) in [5, 5.41) is 17.1. The first-order chi connectivity index (χ1) is 7.65. The molecule has 0 aromatic heterocycles. The number of hydrogen-bond acceptors (Lipinski definition) is 3. The van der Waals surface area contributed by atoms with Crippen molar-refractivity contribution in [2.24, 2.45) is 0 Å². The summed E-state index contributed by atoms with van der Waals surface area (Å²) in [6.07, 6.45) is 2.27. The third-order valence-corrected chi connectivity index (χ3v) is 2.45. The molecule has 1 aliphatic carbocycles. The van der Waals surface area contributed by atoms with E-state index in [0.717, 1.165) is 12.8 Å². The van der Waals surface area contributed by atoms with Crippen LogP contribution in [-0.4, -0.2) is 16.1 Å². The maximum atomic E-state index is 10.6. The lowest BCUT2D eigenvalue weighted by atomic mass is 10.3. The molecule has 1 aromatic rings.